The number of ether oxygens (including phenoxy) is 1. The Morgan fingerprint density at radius 1 is 1.37 bits per heavy atom. The molecule has 0 aliphatic rings. The van der Waals surface area contributed by atoms with Crippen molar-refractivity contribution >= 4 is 15.9 Å². The van der Waals surface area contributed by atoms with Crippen LogP contribution < -0.4 is 10.5 Å². The number of nitrogens with zero attached hydrogens (tertiary/aromatic N) is 1. The quantitative estimate of drug-likeness (QED) is 0.917. The number of hydrogen-bond acceptors (Lipinski definition) is 3. The van der Waals surface area contributed by atoms with Crippen molar-refractivity contribution in [2.75, 3.05) is 6.61 Å². The van der Waals surface area contributed by atoms with Gasteiger partial charge in [0, 0.05) is 34.9 Å². The number of aromatic nitrogens is 1. The van der Waals surface area contributed by atoms with Crippen molar-refractivity contribution in [3.63, 3.8) is 0 Å². The lowest BCUT2D eigenvalue weighted by molar-refractivity contribution is 0.317. The average Bonchev–Trinajstić information content (AvgIpc) is 2.39. The molecule has 0 fully saturated rings. The van der Waals surface area contributed by atoms with Crippen molar-refractivity contribution < 1.29 is 4.74 Å². The number of benzene rings is 1. The van der Waals surface area contributed by atoms with Crippen LogP contribution in [-0.2, 0) is 6.42 Å². The monoisotopic (exact) mass is 320 g/mol. The van der Waals surface area contributed by atoms with E-state index in [0.717, 1.165) is 22.2 Å². The number of nitrogens with two attached hydrogens (primary N) is 1. The van der Waals surface area contributed by atoms with Crippen LogP contribution in [0.4, 0.5) is 0 Å². The van der Waals surface area contributed by atoms with E-state index in [2.05, 4.69) is 20.9 Å². The molecule has 2 rings (SSSR count). The van der Waals surface area contributed by atoms with Crippen LogP contribution in [0.15, 0.2) is 47.2 Å². The van der Waals surface area contributed by atoms with Gasteiger partial charge in [0.25, 0.3) is 0 Å². The highest BCUT2D eigenvalue weighted by molar-refractivity contribution is 9.10. The first-order valence-electron chi connectivity index (χ1n) is 6.23. The molecule has 0 aliphatic carbocycles. The van der Waals surface area contributed by atoms with E-state index >= 15 is 0 Å². The minimum atomic E-state index is -0.0403. The predicted molar refractivity (Wildman–Crippen MR) is 80.2 cm³/mol. The van der Waals surface area contributed by atoms with Gasteiger partial charge in [0.2, 0.25) is 0 Å². The lowest BCUT2D eigenvalue weighted by Crippen LogP contribution is -2.09. The largest absolute Gasteiger partial charge is 0.493 e. The van der Waals surface area contributed by atoms with Crippen LogP contribution >= 0.6 is 15.9 Å². The number of rotatable bonds is 5. The lowest BCUT2D eigenvalue weighted by Gasteiger charge is -2.14. The lowest BCUT2D eigenvalue weighted by atomic mass is 10.1. The molecule has 0 saturated carbocycles. The molecule has 0 bridgehead atoms. The molecule has 19 heavy (non-hydrogen) atoms. The van der Waals surface area contributed by atoms with Crippen molar-refractivity contribution in [1.82, 2.24) is 4.98 Å². The Morgan fingerprint density at radius 2 is 2.21 bits per heavy atom. The standard InChI is InChI=1S/C15H17BrN2O/c1-11(17)14-5-4-13(16)9-15(14)19-8-6-12-3-2-7-18-10-12/h2-5,7,9-11H,6,8,17H2,1H3/t11-/m1/s1. The summed E-state index contributed by atoms with van der Waals surface area (Å²) in [5.74, 6) is 0.841. The van der Waals surface area contributed by atoms with Crippen molar-refractivity contribution in [3.05, 3.63) is 58.3 Å². The highest BCUT2D eigenvalue weighted by Gasteiger charge is 2.08. The van der Waals surface area contributed by atoms with Crippen LogP contribution in [0.3, 0.4) is 0 Å². The van der Waals surface area contributed by atoms with Crippen molar-refractivity contribution in [1.29, 1.82) is 0 Å². The SMILES string of the molecule is C[C@@H](N)c1ccc(Br)cc1OCCc1cccnc1. The van der Waals surface area contributed by atoms with Gasteiger partial charge in [0.15, 0.2) is 0 Å². The van der Waals surface area contributed by atoms with Crippen LogP contribution in [0.2, 0.25) is 0 Å². The summed E-state index contributed by atoms with van der Waals surface area (Å²) in [7, 11) is 0. The van der Waals surface area contributed by atoms with Gasteiger partial charge in [-0.3, -0.25) is 4.98 Å². The zero-order valence-electron chi connectivity index (χ0n) is 10.8. The Labute approximate surface area is 121 Å². The first kappa shape index (κ1) is 14.0. The summed E-state index contributed by atoms with van der Waals surface area (Å²) in [6.45, 7) is 2.57. The van der Waals surface area contributed by atoms with Gasteiger partial charge in [-0.05, 0) is 30.7 Å². The zero-order chi connectivity index (χ0) is 13.7. The fourth-order valence-electron chi connectivity index (χ4n) is 1.83. The second-order valence-corrected chi connectivity index (χ2v) is 5.35. The van der Waals surface area contributed by atoms with Crippen LogP contribution in [0.5, 0.6) is 5.75 Å². The molecule has 0 saturated heterocycles. The van der Waals surface area contributed by atoms with Crippen molar-refractivity contribution in [3.8, 4) is 5.75 Å². The second kappa shape index (κ2) is 6.68. The third-order valence-electron chi connectivity index (χ3n) is 2.84. The molecule has 0 radical (unpaired) electrons. The van der Waals surface area contributed by atoms with Crippen LogP contribution in [0.25, 0.3) is 0 Å². The van der Waals surface area contributed by atoms with E-state index in [1.54, 1.807) is 6.20 Å². The van der Waals surface area contributed by atoms with Gasteiger partial charge in [-0.2, -0.15) is 0 Å². The third-order valence-corrected chi connectivity index (χ3v) is 3.33. The average molecular weight is 321 g/mol. The van der Waals surface area contributed by atoms with Gasteiger partial charge in [-0.1, -0.05) is 28.1 Å². The molecule has 0 aliphatic heterocycles. The van der Waals surface area contributed by atoms with Gasteiger partial charge in [-0.25, -0.2) is 0 Å². The highest BCUT2D eigenvalue weighted by atomic mass is 79.9. The van der Waals surface area contributed by atoms with E-state index in [0.29, 0.717) is 6.61 Å². The van der Waals surface area contributed by atoms with Crippen molar-refractivity contribution in [2.45, 2.75) is 19.4 Å². The molecule has 1 aromatic carbocycles. The van der Waals surface area contributed by atoms with Crippen molar-refractivity contribution in [2.24, 2.45) is 5.73 Å². The second-order valence-electron chi connectivity index (χ2n) is 4.43. The molecule has 0 unspecified atom stereocenters. The van der Waals surface area contributed by atoms with E-state index in [1.807, 2.05) is 43.5 Å². The van der Waals surface area contributed by atoms with Crippen LogP contribution in [0, 0.1) is 0 Å². The Balaban J connectivity index is 2.01. The van der Waals surface area contributed by atoms with Gasteiger partial charge in [-0.15, -0.1) is 0 Å². The maximum Gasteiger partial charge on any atom is 0.125 e. The molecule has 0 amide bonds. The van der Waals surface area contributed by atoms with E-state index in [-0.39, 0.29) is 6.04 Å². The van der Waals surface area contributed by atoms with E-state index in [4.69, 9.17) is 10.5 Å². The van der Waals surface area contributed by atoms with Crippen LogP contribution in [-0.4, -0.2) is 11.6 Å². The summed E-state index contributed by atoms with van der Waals surface area (Å²) in [6.07, 6.45) is 4.46. The maximum atomic E-state index is 5.94. The van der Waals surface area contributed by atoms with Gasteiger partial charge < -0.3 is 10.5 Å². The molecular weight excluding hydrogens is 304 g/mol. The Hall–Kier alpha value is -1.39. The molecule has 1 heterocycles. The number of hydrogen-bond donors (Lipinski definition) is 1. The zero-order valence-corrected chi connectivity index (χ0v) is 12.4. The smallest absolute Gasteiger partial charge is 0.125 e. The molecule has 0 spiro atoms. The number of pyridine rings is 1. The van der Waals surface area contributed by atoms with E-state index < -0.39 is 0 Å². The minimum Gasteiger partial charge on any atom is -0.493 e. The summed E-state index contributed by atoms with van der Waals surface area (Å²) < 4.78 is 6.84. The Bertz CT molecular complexity index is 529. The predicted octanol–water partition coefficient (Wildman–Crippen LogP) is 3.49. The molecule has 3 nitrogen and oxygen atoms in total. The van der Waals surface area contributed by atoms with Crippen LogP contribution in [0.1, 0.15) is 24.1 Å². The molecule has 1 aromatic heterocycles. The summed E-state index contributed by atoms with van der Waals surface area (Å²) in [6, 6.07) is 9.87. The first-order chi connectivity index (χ1) is 9.16. The highest BCUT2D eigenvalue weighted by Crippen LogP contribution is 2.27. The first-order valence-corrected chi connectivity index (χ1v) is 7.03. The minimum absolute atomic E-state index is 0.0403. The molecule has 1 atom stereocenters. The summed E-state index contributed by atoms with van der Waals surface area (Å²) in [4.78, 5) is 4.09. The van der Waals surface area contributed by atoms with Gasteiger partial charge in [0.05, 0.1) is 6.61 Å². The topological polar surface area (TPSA) is 48.1 Å². The fraction of sp³-hybridized carbons (Fsp3) is 0.267. The normalized spacial score (nSPS) is 12.2. The molecule has 100 valence electrons. The van der Waals surface area contributed by atoms with Gasteiger partial charge in [0.1, 0.15) is 5.75 Å². The molecular formula is C15H17BrN2O. The summed E-state index contributed by atoms with van der Waals surface area (Å²) >= 11 is 3.45. The summed E-state index contributed by atoms with van der Waals surface area (Å²) in [5.41, 5.74) is 8.13. The molecule has 4 heteroatoms. The summed E-state index contributed by atoms with van der Waals surface area (Å²) in [5, 5.41) is 0. The van der Waals surface area contributed by atoms with E-state index in [9.17, 15) is 0 Å². The Kier molecular flexibility index (Phi) is 4.93. The third kappa shape index (κ3) is 4.04. The number of halogens is 1. The van der Waals surface area contributed by atoms with E-state index in [1.165, 1.54) is 5.56 Å². The molecule has 2 N–H and O–H groups in total. The maximum absolute atomic E-state index is 5.94. The fourth-order valence-corrected chi connectivity index (χ4v) is 2.17. The molecule has 2 aromatic rings. The van der Waals surface area contributed by atoms with Gasteiger partial charge >= 0.3 is 0 Å². The Morgan fingerprint density at radius 3 is 2.89 bits per heavy atom.